The second-order valence-corrected chi connectivity index (χ2v) is 10.5. The lowest BCUT2D eigenvalue weighted by Crippen LogP contribution is -2.23. The molecular weight excluding hydrogens is 534 g/mol. The number of rotatable bonds is 7. The minimum absolute atomic E-state index is 0.241. The standard InChI is InChI=1S/C32H23N5O3S/c1-21-17-23(14-15-26(21)40-20-22-9-4-2-5-10-22)29-24(19-36(34-29)25-11-6-3-7-12-25)18-28-31(38)37-32(41-28)33-30(35-37)27-13-8-16-39-27/h2-19H,20H2,1H3. The van der Waals surface area contributed by atoms with Crippen LogP contribution in [0.25, 0.3) is 39.6 Å². The summed E-state index contributed by atoms with van der Waals surface area (Å²) in [6.45, 7) is 2.51. The molecule has 0 aliphatic heterocycles. The average Bonchev–Trinajstić information content (AvgIpc) is 3.80. The second-order valence-electron chi connectivity index (χ2n) is 9.49. The molecule has 8 nitrogen and oxygen atoms in total. The van der Waals surface area contributed by atoms with Gasteiger partial charge >= 0.3 is 0 Å². The molecule has 0 N–H and O–H groups in total. The fraction of sp³-hybridized carbons (Fsp3) is 0.0625. The van der Waals surface area contributed by atoms with Crippen molar-refractivity contribution < 1.29 is 9.15 Å². The van der Waals surface area contributed by atoms with Crippen molar-refractivity contribution >= 4 is 22.4 Å². The van der Waals surface area contributed by atoms with Gasteiger partial charge in [0.05, 0.1) is 16.5 Å². The lowest BCUT2D eigenvalue weighted by molar-refractivity contribution is 0.304. The zero-order valence-electron chi connectivity index (χ0n) is 22.0. The fourth-order valence-corrected chi connectivity index (χ4v) is 5.51. The Labute approximate surface area is 238 Å². The first-order valence-corrected chi connectivity index (χ1v) is 13.8. The number of thiazole rings is 1. The maximum atomic E-state index is 13.3. The molecule has 7 rings (SSSR count). The SMILES string of the molecule is Cc1cc(-c2nn(-c3ccccc3)cc2C=c2sc3nc(-c4ccco4)nn3c2=O)ccc1OCc1ccccc1. The number of nitrogens with zero attached hydrogens (tertiary/aromatic N) is 5. The van der Waals surface area contributed by atoms with E-state index in [9.17, 15) is 4.79 Å². The molecule has 4 heterocycles. The van der Waals surface area contributed by atoms with Crippen molar-refractivity contribution in [1.29, 1.82) is 0 Å². The molecule has 4 aromatic heterocycles. The molecule has 41 heavy (non-hydrogen) atoms. The molecule has 0 fully saturated rings. The number of aromatic nitrogens is 5. The molecule has 9 heteroatoms. The van der Waals surface area contributed by atoms with E-state index in [1.807, 2.05) is 96.7 Å². The summed E-state index contributed by atoms with van der Waals surface area (Å²) in [5.74, 6) is 1.71. The zero-order chi connectivity index (χ0) is 27.8. The second kappa shape index (κ2) is 10.4. The first-order valence-electron chi connectivity index (χ1n) is 13.0. The number of benzene rings is 3. The minimum atomic E-state index is -0.241. The van der Waals surface area contributed by atoms with Gasteiger partial charge in [-0.2, -0.15) is 14.6 Å². The van der Waals surface area contributed by atoms with Crippen molar-refractivity contribution in [3.05, 3.63) is 135 Å². The van der Waals surface area contributed by atoms with Crippen molar-refractivity contribution in [3.8, 4) is 34.3 Å². The molecule has 0 bridgehead atoms. The van der Waals surface area contributed by atoms with E-state index in [0.29, 0.717) is 27.7 Å². The smallest absolute Gasteiger partial charge is 0.291 e. The van der Waals surface area contributed by atoms with Gasteiger partial charge < -0.3 is 9.15 Å². The highest BCUT2D eigenvalue weighted by atomic mass is 32.1. The molecule has 3 aromatic carbocycles. The monoisotopic (exact) mass is 557 g/mol. The van der Waals surface area contributed by atoms with E-state index in [1.54, 1.807) is 18.4 Å². The zero-order valence-corrected chi connectivity index (χ0v) is 22.8. The molecule has 200 valence electrons. The Hall–Kier alpha value is -5.28. The van der Waals surface area contributed by atoms with Crippen molar-refractivity contribution in [2.24, 2.45) is 0 Å². The van der Waals surface area contributed by atoms with Gasteiger partial charge in [0.25, 0.3) is 5.56 Å². The van der Waals surface area contributed by atoms with Gasteiger partial charge in [-0.15, -0.1) is 5.10 Å². The minimum Gasteiger partial charge on any atom is -0.489 e. The summed E-state index contributed by atoms with van der Waals surface area (Å²) >= 11 is 1.28. The highest BCUT2D eigenvalue weighted by Gasteiger charge is 2.16. The van der Waals surface area contributed by atoms with Gasteiger partial charge in [-0.1, -0.05) is 59.9 Å². The third-order valence-corrected chi connectivity index (χ3v) is 7.62. The van der Waals surface area contributed by atoms with E-state index in [2.05, 4.69) is 16.1 Å². The van der Waals surface area contributed by atoms with Gasteiger partial charge in [-0.3, -0.25) is 4.79 Å². The molecule has 0 radical (unpaired) electrons. The van der Waals surface area contributed by atoms with Gasteiger partial charge in [0, 0.05) is 17.3 Å². The Balaban J connectivity index is 1.28. The number of fused-ring (bicyclic) bond motifs is 1. The van der Waals surface area contributed by atoms with Crippen molar-refractivity contribution in [1.82, 2.24) is 24.4 Å². The third kappa shape index (κ3) is 4.83. The van der Waals surface area contributed by atoms with Crippen molar-refractivity contribution in [2.45, 2.75) is 13.5 Å². The van der Waals surface area contributed by atoms with E-state index in [0.717, 1.165) is 39.4 Å². The van der Waals surface area contributed by atoms with Crippen LogP contribution >= 0.6 is 11.3 Å². The number of aryl methyl sites for hydroxylation is 1. The van der Waals surface area contributed by atoms with Gasteiger partial charge in [0.1, 0.15) is 18.1 Å². The van der Waals surface area contributed by atoms with Gasteiger partial charge in [-0.25, -0.2) is 4.68 Å². The third-order valence-electron chi connectivity index (χ3n) is 6.66. The quantitative estimate of drug-likeness (QED) is 0.250. The molecule has 0 spiro atoms. The Morgan fingerprint density at radius 1 is 0.951 bits per heavy atom. The van der Waals surface area contributed by atoms with Crippen LogP contribution in [0.4, 0.5) is 0 Å². The number of para-hydroxylation sites is 1. The molecule has 0 atom stereocenters. The first kappa shape index (κ1) is 24.7. The van der Waals surface area contributed by atoms with Crippen molar-refractivity contribution in [2.75, 3.05) is 0 Å². The first-order chi connectivity index (χ1) is 20.1. The van der Waals surface area contributed by atoms with Crippen LogP contribution in [-0.2, 0) is 6.61 Å². The van der Waals surface area contributed by atoms with E-state index >= 15 is 0 Å². The number of furan rings is 1. The van der Waals surface area contributed by atoms with Crippen LogP contribution in [0.15, 0.2) is 113 Å². The summed E-state index contributed by atoms with van der Waals surface area (Å²) in [4.78, 5) is 18.3. The highest BCUT2D eigenvalue weighted by Crippen LogP contribution is 2.29. The normalized spacial score (nSPS) is 11.9. The van der Waals surface area contributed by atoms with Crippen LogP contribution in [0, 0.1) is 6.92 Å². The maximum Gasteiger partial charge on any atom is 0.291 e. The number of ether oxygens (including phenoxy) is 1. The summed E-state index contributed by atoms with van der Waals surface area (Å²) in [5.41, 5.74) is 5.25. The molecule has 0 amide bonds. The van der Waals surface area contributed by atoms with Crippen LogP contribution in [0.1, 0.15) is 16.7 Å². The lowest BCUT2D eigenvalue weighted by atomic mass is 10.0. The van der Waals surface area contributed by atoms with Crippen LogP contribution in [0.2, 0.25) is 0 Å². The van der Waals surface area contributed by atoms with Gasteiger partial charge in [0.15, 0.2) is 5.76 Å². The molecule has 0 saturated heterocycles. The number of hydrogen-bond donors (Lipinski definition) is 0. The largest absolute Gasteiger partial charge is 0.489 e. The molecule has 0 unspecified atom stereocenters. The van der Waals surface area contributed by atoms with Crippen LogP contribution < -0.4 is 14.8 Å². The van der Waals surface area contributed by atoms with Crippen LogP contribution in [-0.4, -0.2) is 24.4 Å². The fourth-order valence-electron chi connectivity index (χ4n) is 4.61. The Morgan fingerprint density at radius 3 is 2.49 bits per heavy atom. The van der Waals surface area contributed by atoms with Crippen LogP contribution in [0.5, 0.6) is 5.75 Å². The van der Waals surface area contributed by atoms with Crippen molar-refractivity contribution in [3.63, 3.8) is 0 Å². The van der Waals surface area contributed by atoms with E-state index in [4.69, 9.17) is 14.3 Å². The predicted molar refractivity (Wildman–Crippen MR) is 158 cm³/mol. The summed E-state index contributed by atoms with van der Waals surface area (Å²) in [6, 6.07) is 29.5. The Kier molecular flexibility index (Phi) is 6.25. The predicted octanol–water partition coefficient (Wildman–Crippen LogP) is 5.70. The molecule has 0 aliphatic rings. The highest BCUT2D eigenvalue weighted by molar-refractivity contribution is 7.15. The number of hydrogen-bond acceptors (Lipinski definition) is 7. The summed E-state index contributed by atoms with van der Waals surface area (Å²) < 4.78 is 15.1. The van der Waals surface area contributed by atoms with Crippen LogP contribution in [0.3, 0.4) is 0 Å². The molecule has 0 saturated carbocycles. The molecule has 0 aliphatic carbocycles. The Bertz CT molecular complexity index is 2080. The maximum absolute atomic E-state index is 13.3. The van der Waals surface area contributed by atoms with Gasteiger partial charge in [-0.05, 0) is 66.6 Å². The van der Waals surface area contributed by atoms with Gasteiger partial charge in [0.2, 0.25) is 10.8 Å². The summed E-state index contributed by atoms with van der Waals surface area (Å²) in [6.07, 6.45) is 5.34. The molecular formula is C32H23N5O3S. The summed E-state index contributed by atoms with van der Waals surface area (Å²) in [5, 5.41) is 9.29. The van der Waals surface area contributed by atoms with E-state index in [-0.39, 0.29) is 5.56 Å². The average molecular weight is 558 g/mol. The Morgan fingerprint density at radius 2 is 1.76 bits per heavy atom. The summed E-state index contributed by atoms with van der Waals surface area (Å²) in [7, 11) is 0. The molecule has 7 aromatic rings. The van der Waals surface area contributed by atoms with E-state index < -0.39 is 0 Å². The topological polar surface area (TPSA) is 87.5 Å². The lowest BCUT2D eigenvalue weighted by Gasteiger charge is -2.10. The van der Waals surface area contributed by atoms with E-state index in [1.165, 1.54) is 15.9 Å².